The quantitative estimate of drug-likeness (QED) is 0.781. The maximum absolute atomic E-state index is 5.73. The average Bonchev–Trinajstić information content (AvgIpc) is 2.06. The van der Waals surface area contributed by atoms with Gasteiger partial charge in [-0.1, -0.05) is 17.7 Å². The van der Waals surface area contributed by atoms with E-state index < -0.39 is 0 Å². The highest BCUT2D eigenvalue weighted by Crippen LogP contribution is 2.35. The van der Waals surface area contributed by atoms with Gasteiger partial charge in [0.05, 0.1) is 0 Å². The fraction of sp³-hybridized carbons (Fsp3) is 0.455. The third-order valence-corrected chi connectivity index (χ3v) is 3.72. The van der Waals surface area contributed by atoms with Crippen molar-refractivity contribution in [1.82, 2.24) is 0 Å². The van der Waals surface area contributed by atoms with Crippen LogP contribution in [0.2, 0.25) is 0 Å². The van der Waals surface area contributed by atoms with Crippen LogP contribution in [0.4, 0.5) is 0 Å². The first-order valence-corrected chi connectivity index (χ1v) is 5.61. The zero-order valence-corrected chi connectivity index (χ0v) is 8.68. The van der Waals surface area contributed by atoms with Crippen molar-refractivity contribution in [2.45, 2.75) is 36.0 Å². The van der Waals surface area contributed by atoms with Gasteiger partial charge < -0.3 is 5.73 Å². The molecule has 70 valence electrons. The van der Waals surface area contributed by atoms with Crippen LogP contribution < -0.4 is 5.73 Å². The maximum Gasteiger partial charge on any atom is 0.0124 e. The van der Waals surface area contributed by atoms with Crippen LogP contribution in [0.5, 0.6) is 0 Å². The van der Waals surface area contributed by atoms with E-state index >= 15 is 0 Å². The molecule has 1 fully saturated rings. The first-order valence-electron chi connectivity index (χ1n) is 4.73. The Morgan fingerprint density at radius 2 is 1.85 bits per heavy atom. The van der Waals surface area contributed by atoms with Gasteiger partial charge >= 0.3 is 0 Å². The van der Waals surface area contributed by atoms with E-state index in [4.69, 9.17) is 5.73 Å². The second-order valence-electron chi connectivity index (χ2n) is 3.78. The lowest BCUT2D eigenvalue weighted by molar-refractivity contribution is 0.433. The molecule has 1 aliphatic carbocycles. The molecule has 0 radical (unpaired) electrons. The third-order valence-electron chi connectivity index (χ3n) is 2.46. The minimum atomic E-state index is 0.461. The molecule has 2 heteroatoms. The maximum atomic E-state index is 5.73. The van der Waals surface area contributed by atoms with Gasteiger partial charge in [0, 0.05) is 16.2 Å². The van der Waals surface area contributed by atoms with Crippen LogP contribution in [0.15, 0.2) is 29.2 Å². The highest BCUT2D eigenvalue weighted by atomic mass is 32.2. The van der Waals surface area contributed by atoms with Crippen LogP contribution in [0.1, 0.15) is 18.4 Å². The molecular weight excluding hydrogens is 178 g/mol. The molecule has 0 aromatic heterocycles. The molecule has 2 N–H and O–H groups in total. The van der Waals surface area contributed by atoms with Crippen LogP contribution in [0.25, 0.3) is 0 Å². The van der Waals surface area contributed by atoms with Crippen molar-refractivity contribution in [2.75, 3.05) is 0 Å². The molecule has 0 unspecified atom stereocenters. The highest BCUT2D eigenvalue weighted by Gasteiger charge is 2.26. The molecule has 0 bridgehead atoms. The Bertz CT molecular complexity index is 275. The number of benzene rings is 1. The molecule has 1 aromatic carbocycles. The Morgan fingerprint density at radius 3 is 2.38 bits per heavy atom. The summed E-state index contributed by atoms with van der Waals surface area (Å²) in [5.74, 6) is 0. The Balaban J connectivity index is 1.91. The van der Waals surface area contributed by atoms with Crippen molar-refractivity contribution in [3.05, 3.63) is 29.8 Å². The molecular formula is C11H15NS. The lowest BCUT2D eigenvalue weighted by atomic mass is 9.94. The zero-order valence-electron chi connectivity index (χ0n) is 7.86. The minimum Gasteiger partial charge on any atom is -0.328 e. The molecule has 1 saturated carbocycles. The number of hydrogen-bond donors (Lipinski definition) is 1. The number of thioether (sulfide) groups is 1. The highest BCUT2D eigenvalue weighted by molar-refractivity contribution is 8.00. The van der Waals surface area contributed by atoms with E-state index in [0.717, 1.165) is 5.25 Å². The molecule has 1 aliphatic rings. The Labute approximate surface area is 83.7 Å². The van der Waals surface area contributed by atoms with Gasteiger partial charge in [0.1, 0.15) is 0 Å². The van der Waals surface area contributed by atoms with E-state index in [0.29, 0.717) is 6.04 Å². The molecule has 13 heavy (non-hydrogen) atoms. The Kier molecular flexibility index (Phi) is 2.61. The van der Waals surface area contributed by atoms with Gasteiger partial charge in [0.15, 0.2) is 0 Å². The fourth-order valence-electron chi connectivity index (χ4n) is 1.51. The number of nitrogens with two attached hydrogens (primary N) is 1. The van der Waals surface area contributed by atoms with Crippen molar-refractivity contribution < 1.29 is 0 Å². The summed E-state index contributed by atoms with van der Waals surface area (Å²) < 4.78 is 0. The molecule has 0 spiro atoms. The predicted molar refractivity (Wildman–Crippen MR) is 58.0 cm³/mol. The summed E-state index contributed by atoms with van der Waals surface area (Å²) in [5, 5.41) is 0.762. The summed E-state index contributed by atoms with van der Waals surface area (Å²) in [6.45, 7) is 2.12. The van der Waals surface area contributed by atoms with E-state index in [2.05, 4.69) is 31.2 Å². The van der Waals surface area contributed by atoms with Crippen molar-refractivity contribution in [3.8, 4) is 0 Å². The molecule has 0 heterocycles. The monoisotopic (exact) mass is 193 g/mol. The lowest BCUT2D eigenvalue weighted by Gasteiger charge is -2.31. The van der Waals surface area contributed by atoms with E-state index in [-0.39, 0.29) is 0 Å². The Morgan fingerprint density at radius 1 is 1.23 bits per heavy atom. The van der Waals surface area contributed by atoms with Crippen molar-refractivity contribution in [2.24, 2.45) is 5.73 Å². The molecule has 0 atom stereocenters. The SMILES string of the molecule is Cc1ccc(SC2CC(N)C2)cc1. The molecule has 1 aromatic rings. The van der Waals surface area contributed by atoms with Gasteiger partial charge in [0.25, 0.3) is 0 Å². The van der Waals surface area contributed by atoms with Gasteiger partial charge in [0.2, 0.25) is 0 Å². The average molecular weight is 193 g/mol. The van der Waals surface area contributed by atoms with E-state index in [1.807, 2.05) is 11.8 Å². The summed E-state index contributed by atoms with van der Waals surface area (Å²) in [4.78, 5) is 1.38. The molecule has 0 aliphatic heterocycles. The number of rotatable bonds is 2. The summed E-state index contributed by atoms with van der Waals surface area (Å²) in [6.07, 6.45) is 2.36. The minimum absolute atomic E-state index is 0.461. The van der Waals surface area contributed by atoms with Crippen molar-refractivity contribution in [1.29, 1.82) is 0 Å². The van der Waals surface area contributed by atoms with Gasteiger partial charge in [-0.05, 0) is 31.9 Å². The van der Waals surface area contributed by atoms with Crippen molar-refractivity contribution in [3.63, 3.8) is 0 Å². The van der Waals surface area contributed by atoms with Gasteiger partial charge in [-0.25, -0.2) is 0 Å². The first-order chi connectivity index (χ1) is 6.24. The Hall–Kier alpha value is -0.470. The molecule has 0 amide bonds. The topological polar surface area (TPSA) is 26.0 Å². The van der Waals surface area contributed by atoms with Crippen LogP contribution in [0.3, 0.4) is 0 Å². The van der Waals surface area contributed by atoms with Crippen LogP contribution in [-0.4, -0.2) is 11.3 Å². The normalized spacial score (nSPS) is 26.9. The lowest BCUT2D eigenvalue weighted by Crippen LogP contribution is -2.38. The van der Waals surface area contributed by atoms with Crippen LogP contribution >= 0.6 is 11.8 Å². The number of aryl methyl sites for hydroxylation is 1. The summed E-state index contributed by atoms with van der Waals surface area (Å²) in [7, 11) is 0. The smallest absolute Gasteiger partial charge is 0.0124 e. The van der Waals surface area contributed by atoms with E-state index in [1.54, 1.807) is 0 Å². The molecule has 2 rings (SSSR count). The van der Waals surface area contributed by atoms with Crippen LogP contribution in [0, 0.1) is 6.92 Å². The first kappa shape index (κ1) is 9.10. The zero-order chi connectivity index (χ0) is 9.26. The summed E-state index contributed by atoms with van der Waals surface area (Å²) in [5.41, 5.74) is 7.06. The molecule has 0 saturated heterocycles. The second kappa shape index (κ2) is 3.72. The number of hydrogen-bond acceptors (Lipinski definition) is 2. The summed E-state index contributed by atoms with van der Waals surface area (Å²) >= 11 is 1.96. The standard InChI is InChI=1S/C11H15NS/c1-8-2-4-10(5-3-8)13-11-6-9(12)7-11/h2-5,9,11H,6-7,12H2,1H3. The van der Waals surface area contributed by atoms with E-state index in [1.165, 1.54) is 23.3 Å². The largest absolute Gasteiger partial charge is 0.328 e. The second-order valence-corrected chi connectivity index (χ2v) is 5.16. The van der Waals surface area contributed by atoms with Crippen molar-refractivity contribution >= 4 is 11.8 Å². The van der Waals surface area contributed by atoms with Gasteiger partial charge in [-0.15, -0.1) is 11.8 Å². The van der Waals surface area contributed by atoms with Gasteiger partial charge in [-0.3, -0.25) is 0 Å². The van der Waals surface area contributed by atoms with Gasteiger partial charge in [-0.2, -0.15) is 0 Å². The predicted octanol–water partition coefficient (Wildman–Crippen LogP) is 2.58. The third kappa shape index (κ3) is 2.26. The van der Waals surface area contributed by atoms with Crippen LogP contribution in [-0.2, 0) is 0 Å². The molecule has 1 nitrogen and oxygen atoms in total. The summed E-state index contributed by atoms with van der Waals surface area (Å²) in [6, 6.07) is 9.19. The van der Waals surface area contributed by atoms with E-state index in [9.17, 15) is 0 Å². The fourth-order valence-corrected chi connectivity index (χ4v) is 2.88.